The average molecular weight is 259 g/mol. The van der Waals surface area contributed by atoms with Crippen molar-refractivity contribution in [2.75, 3.05) is 13.2 Å². The summed E-state index contributed by atoms with van der Waals surface area (Å²) in [6.07, 6.45) is 4.86. The summed E-state index contributed by atoms with van der Waals surface area (Å²) in [5, 5.41) is 3.47. The van der Waals surface area contributed by atoms with Crippen LogP contribution in [-0.4, -0.2) is 22.7 Å². The molecule has 19 heavy (non-hydrogen) atoms. The van der Waals surface area contributed by atoms with Crippen LogP contribution < -0.4 is 10.1 Å². The number of rotatable bonds is 7. The third kappa shape index (κ3) is 3.83. The van der Waals surface area contributed by atoms with Crippen molar-refractivity contribution in [1.29, 1.82) is 0 Å². The Bertz CT molecular complexity index is 481. The molecule has 0 radical (unpaired) electrons. The fourth-order valence-electron chi connectivity index (χ4n) is 1.95. The molecule has 1 aromatic heterocycles. The second-order valence-electron chi connectivity index (χ2n) is 4.53. The lowest BCUT2D eigenvalue weighted by atomic mass is 10.2. The van der Waals surface area contributed by atoms with Crippen LogP contribution in [0.25, 0.3) is 0 Å². The number of aromatic nitrogens is 2. The predicted octanol–water partition coefficient (Wildman–Crippen LogP) is 2.54. The Labute approximate surface area is 114 Å². The fourth-order valence-corrected chi connectivity index (χ4v) is 1.95. The lowest BCUT2D eigenvalue weighted by molar-refractivity contribution is 0.258. The van der Waals surface area contributed by atoms with E-state index in [1.807, 2.05) is 54.3 Å². The highest BCUT2D eigenvalue weighted by Gasteiger charge is 2.15. The first-order valence-corrected chi connectivity index (χ1v) is 6.69. The van der Waals surface area contributed by atoms with Gasteiger partial charge in [-0.1, -0.05) is 25.1 Å². The van der Waals surface area contributed by atoms with E-state index >= 15 is 0 Å². The smallest absolute Gasteiger partial charge is 0.129 e. The van der Waals surface area contributed by atoms with Gasteiger partial charge in [-0.3, -0.25) is 0 Å². The van der Waals surface area contributed by atoms with E-state index in [1.165, 1.54) is 0 Å². The van der Waals surface area contributed by atoms with E-state index in [2.05, 4.69) is 17.2 Å². The number of ether oxygens (including phenoxy) is 1. The van der Waals surface area contributed by atoms with Crippen LogP contribution in [0.5, 0.6) is 5.75 Å². The maximum absolute atomic E-state index is 5.83. The number of hydrogen-bond donors (Lipinski definition) is 1. The first-order valence-electron chi connectivity index (χ1n) is 6.69. The Morgan fingerprint density at radius 3 is 2.74 bits per heavy atom. The Hall–Kier alpha value is -1.81. The molecule has 1 heterocycles. The highest BCUT2D eigenvalue weighted by molar-refractivity contribution is 5.21. The van der Waals surface area contributed by atoms with Gasteiger partial charge in [-0.05, 0) is 25.1 Å². The van der Waals surface area contributed by atoms with Crippen LogP contribution in [0.15, 0.2) is 42.7 Å². The van der Waals surface area contributed by atoms with Gasteiger partial charge in [0, 0.05) is 19.4 Å². The van der Waals surface area contributed by atoms with Gasteiger partial charge in [0.25, 0.3) is 0 Å². The Kier molecular flexibility index (Phi) is 4.98. The molecule has 2 aromatic rings. The lowest BCUT2D eigenvalue weighted by Crippen LogP contribution is -2.29. The monoisotopic (exact) mass is 259 g/mol. The van der Waals surface area contributed by atoms with Gasteiger partial charge in [-0.15, -0.1) is 0 Å². The maximum atomic E-state index is 5.83. The van der Waals surface area contributed by atoms with E-state index in [-0.39, 0.29) is 6.04 Å². The number of nitrogens with zero attached hydrogens (tertiary/aromatic N) is 2. The second kappa shape index (κ2) is 6.95. The lowest BCUT2D eigenvalue weighted by Gasteiger charge is -2.19. The van der Waals surface area contributed by atoms with Crippen LogP contribution in [0.1, 0.15) is 25.2 Å². The number of para-hydroxylation sites is 1. The molecular formula is C15H21N3O. The number of benzene rings is 1. The first kappa shape index (κ1) is 13.6. The standard InChI is InChI=1S/C15H21N3O/c1-3-9-16-14(15-17-10-11-18(15)2)12-19-13-7-5-4-6-8-13/h4-8,10-11,14,16H,3,9,12H2,1-2H3. The molecule has 0 aliphatic carbocycles. The number of nitrogens with one attached hydrogen (secondary N) is 1. The van der Waals surface area contributed by atoms with Crippen LogP contribution in [-0.2, 0) is 7.05 Å². The Morgan fingerprint density at radius 2 is 2.11 bits per heavy atom. The van der Waals surface area contributed by atoms with Crippen LogP contribution in [0.4, 0.5) is 0 Å². The molecule has 102 valence electrons. The van der Waals surface area contributed by atoms with E-state index in [9.17, 15) is 0 Å². The molecule has 4 heteroatoms. The van der Waals surface area contributed by atoms with Crippen molar-refractivity contribution in [3.05, 3.63) is 48.5 Å². The fraction of sp³-hybridized carbons (Fsp3) is 0.400. The third-order valence-corrected chi connectivity index (χ3v) is 2.97. The van der Waals surface area contributed by atoms with Crippen LogP contribution in [0, 0.1) is 0 Å². The molecule has 1 aromatic carbocycles. The molecule has 0 fully saturated rings. The van der Waals surface area contributed by atoms with Gasteiger partial charge in [0.15, 0.2) is 0 Å². The van der Waals surface area contributed by atoms with E-state index in [0.717, 1.165) is 24.5 Å². The minimum absolute atomic E-state index is 0.111. The van der Waals surface area contributed by atoms with Crippen molar-refractivity contribution >= 4 is 0 Å². The molecular weight excluding hydrogens is 238 g/mol. The highest BCUT2D eigenvalue weighted by atomic mass is 16.5. The van der Waals surface area contributed by atoms with Gasteiger partial charge in [-0.25, -0.2) is 4.98 Å². The molecule has 1 N–H and O–H groups in total. The number of aryl methyl sites for hydroxylation is 1. The summed E-state index contributed by atoms with van der Waals surface area (Å²) >= 11 is 0. The molecule has 0 spiro atoms. The van der Waals surface area contributed by atoms with Gasteiger partial charge >= 0.3 is 0 Å². The summed E-state index contributed by atoms with van der Waals surface area (Å²) in [6, 6.07) is 9.98. The van der Waals surface area contributed by atoms with Crippen LogP contribution in [0.3, 0.4) is 0 Å². The van der Waals surface area contributed by atoms with E-state index < -0.39 is 0 Å². The van der Waals surface area contributed by atoms with Crippen LogP contribution in [0.2, 0.25) is 0 Å². The number of hydrogen-bond acceptors (Lipinski definition) is 3. The molecule has 0 saturated carbocycles. The van der Waals surface area contributed by atoms with Crippen molar-refractivity contribution < 1.29 is 4.74 Å². The average Bonchev–Trinajstić information content (AvgIpc) is 2.86. The van der Waals surface area contributed by atoms with Crippen molar-refractivity contribution in [1.82, 2.24) is 14.9 Å². The zero-order chi connectivity index (χ0) is 13.5. The van der Waals surface area contributed by atoms with Gasteiger partial charge in [0.2, 0.25) is 0 Å². The van der Waals surface area contributed by atoms with Gasteiger partial charge in [0.05, 0.1) is 0 Å². The summed E-state index contributed by atoms with van der Waals surface area (Å²) < 4.78 is 7.86. The van der Waals surface area contributed by atoms with Gasteiger partial charge in [-0.2, -0.15) is 0 Å². The molecule has 0 aliphatic heterocycles. The molecule has 2 rings (SSSR count). The highest BCUT2D eigenvalue weighted by Crippen LogP contribution is 2.14. The zero-order valence-corrected chi connectivity index (χ0v) is 11.5. The molecule has 0 aliphatic rings. The van der Waals surface area contributed by atoms with Crippen molar-refractivity contribution in [3.63, 3.8) is 0 Å². The molecule has 0 saturated heterocycles. The summed E-state index contributed by atoms with van der Waals surface area (Å²) in [5.74, 6) is 1.89. The van der Waals surface area contributed by atoms with Crippen molar-refractivity contribution in [3.8, 4) is 5.75 Å². The molecule has 0 amide bonds. The quantitative estimate of drug-likeness (QED) is 0.830. The minimum atomic E-state index is 0.111. The van der Waals surface area contributed by atoms with Crippen molar-refractivity contribution in [2.45, 2.75) is 19.4 Å². The summed E-state index contributed by atoms with van der Waals surface area (Å²) in [4.78, 5) is 4.40. The normalized spacial score (nSPS) is 12.3. The largest absolute Gasteiger partial charge is 0.491 e. The Morgan fingerprint density at radius 1 is 1.32 bits per heavy atom. The molecule has 1 atom stereocenters. The van der Waals surface area contributed by atoms with E-state index in [4.69, 9.17) is 4.74 Å². The summed E-state index contributed by atoms with van der Waals surface area (Å²) in [7, 11) is 2.01. The SMILES string of the molecule is CCCNC(COc1ccccc1)c1nccn1C. The molecule has 0 bridgehead atoms. The summed E-state index contributed by atoms with van der Waals surface area (Å²) in [6.45, 7) is 3.69. The van der Waals surface area contributed by atoms with Crippen molar-refractivity contribution in [2.24, 2.45) is 7.05 Å². The maximum Gasteiger partial charge on any atom is 0.129 e. The minimum Gasteiger partial charge on any atom is -0.491 e. The predicted molar refractivity (Wildman–Crippen MR) is 76.2 cm³/mol. The van der Waals surface area contributed by atoms with Gasteiger partial charge in [0.1, 0.15) is 24.2 Å². The van der Waals surface area contributed by atoms with Gasteiger partial charge < -0.3 is 14.6 Å². The molecule has 1 unspecified atom stereocenters. The first-order chi connectivity index (χ1) is 9.31. The van der Waals surface area contributed by atoms with Crippen LogP contribution >= 0.6 is 0 Å². The molecule has 4 nitrogen and oxygen atoms in total. The Balaban J connectivity index is 2.00. The number of imidazole rings is 1. The third-order valence-electron chi connectivity index (χ3n) is 2.97. The topological polar surface area (TPSA) is 39.1 Å². The van der Waals surface area contributed by atoms with E-state index in [1.54, 1.807) is 0 Å². The summed E-state index contributed by atoms with van der Waals surface area (Å²) in [5.41, 5.74) is 0. The second-order valence-corrected chi connectivity index (χ2v) is 4.53. The van der Waals surface area contributed by atoms with E-state index in [0.29, 0.717) is 6.61 Å². The zero-order valence-electron chi connectivity index (χ0n) is 11.5.